The van der Waals surface area contributed by atoms with Crippen LogP contribution >= 0.6 is 0 Å². The number of fused-ring (bicyclic) bond motifs is 1. The van der Waals surface area contributed by atoms with Gasteiger partial charge in [0.2, 0.25) is 0 Å². The lowest BCUT2D eigenvalue weighted by Gasteiger charge is -2.17. The molecule has 0 unspecified atom stereocenters. The second-order valence-electron chi connectivity index (χ2n) is 4.11. The molecule has 0 aliphatic heterocycles. The summed E-state index contributed by atoms with van der Waals surface area (Å²) in [5.74, 6) is 0. The van der Waals surface area contributed by atoms with Crippen LogP contribution in [0.2, 0.25) is 0 Å². The number of hydrogen-bond donors (Lipinski definition) is 2. The van der Waals surface area contributed by atoms with Crippen LogP contribution in [0.15, 0.2) is 18.2 Å². The number of aryl methyl sites for hydroxylation is 1. The van der Waals surface area contributed by atoms with E-state index in [-0.39, 0.29) is 5.69 Å². The van der Waals surface area contributed by atoms with Crippen molar-refractivity contribution in [2.24, 2.45) is 5.73 Å². The molecule has 0 radical (unpaired) electrons. The lowest BCUT2D eigenvalue weighted by atomic mass is 9.97. The van der Waals surface area contributed by atoms with E-state index in [4.69, 9.17) is 5.73 Å². The summed E-state index contributed by atoms with van der Waals surface area (Å²) in [4.78, 5) is 10.4. The maximum Gasteiger partial charge on any atom is 0.275 e. The lowest BCUT2D eigenvalue weighted by molar-refractivity contribution is -0.386. The summed E-state index contributed by atoms with van der Waals surface area (Å²) in [5, 5.41) is 20.9. The maximum atomic E-state index is 10.9. The van der Waals surface area contributed by atoms with E-state index in [0.29, 0.717) is 12.0 Å². The molecular weight excluding hydrogens is 208 g/mol. The van der Waals surface area contributed by atoms with Crippen molar-refractivity contribution in [3.8, 4) is 0 Å². The van der Waals surface area contributed by atoms with Gasteiger partial charge < -0.3 is 10.8 Å². The molecule has 0 bridgehead atoms. The molecule has 0 spiro atoms. The van der Waals surface area contributed by atoms with Gasteiger partial charge in [-0.2, -0.15) is 0 Å². The van der Waals surface area contributed by atoms with Crippen molar-refractivity contribution in [2.75, 3.05) is 0 Å². The van der Waals surface area contributed by atoms with Crippen molar-refractivity contribution in [1.82, 2.24) is 0 Å². The molecule has 2 rings (SSSR count). The van der Waals surface area contributed by atoms with Crippen LogP contribution in [0.4, 0.5) is 5.69 Å². The first-order chi connectivity index (χ1) is 7.61. The van der Waals surface area contributed by atoms with Crippen LogP contribution in [-0.2, 0) is 6.42 Å². The summed E-state index contributed by atoms with van der Waals surface area (Å²) in [5.41, 5.74) is 7.01. The molecule has 1 aliphatic carbocycles. The predicted octanol–water partition coefficient (Wildman–Crippen LogP) is 1.29. The quantitative estimate of drug-likeness (QED) is 0.425. The minimum atomic E-state index is -0.931. The van der Waals surface area contributed by atoms with E-state index in [2.05, 4.69) is 0 Å². The fourth-order valence-corrected chi connectivity index (χ4v) is 2.22. The molecule has 3 N–H and O–H groups in total. The van der Waals surface area contributed by atoms with E-state index in [1.54, 1.807) is 6.07 Å². The molecule has 5 heteroatoms. The normalized spacial score (nSPS) is 24.6. The van der Waals surface area contributed by atoms with Crippen molar-refractivity contribution < 1.29 is 10.0 Å². The second-order valence-corrected chi connectivity index (χ2v) is 4.11. The number of nitrogens with zero attached hydrogens (tertiary/aromatic N) is 1. The smallest absolute Gasteiger partial charge is 0.275 e. The van der Waals surface area contributed by atoms with Gasteiger partial charge in [0, 0.05) is 12.1 Å². The predicted molar refractivity (Wildman–Crippen MR) is 59.0 cm³/mol. The molecule has 0 saturated heterocycles. The highest BCUT2D eigenvalue weighted by Crippen LogP contribution is 2.34. The second kappa shape index (κ2) is 4.19. The monoisotopic (exact) mass is 222 g/mol. The molecule has 0 saturated carbocycles. The summed E-state index contributed by atoms with van der Waals surface area (Å²) in [6.45, 7) is 0. The Hall–Kier alpha value is -1.46. The molecule has 1 aromatic rings. The Bertz CT molecular complexity index is 420. The first kappa shape index (κ1) is 11.0. The average molecular weight is 222 g/mol. The van der Waals surface area contributed by atoms with Crippen molar-refractivity contribution in [3.63, 3.8) is 0 Å². The van der Waals surface area contributed by atoms with Gasteiger partial charge in [0.05, 0.1) is 10.5 Å². The largest absolute Gasteiger partial charge is 0.387 e. The van der Waals surface area contributed by atoms with Gasteiger partial charge in [-0.15, -0.1) is 0 Å². The molecule has 5 nitrogen and oxygen atoms in total. The van der Waals surface area contributed by atoms with Crippen LogP contribution in [-0.4, -0.2) is 16.1 Å². The summed E-state index contributed by atoms with van der Waals surface area (Å²) in [7, 11) is 0. The third kappa shape index (κ3) is 1.79. The first-order valence-electron chi connectivity index (χ1n) is 5.31. The molecule has 0 amide bonds. The number of rotatable bonds is 1. The molecule has 16 heavy (non-hydrogen) atoms. The topological polar surface area (TPSA) is 89.4 Å². The minimum absolute atomic E-state index is 0.0256. The fraction of sp³-hybridized carbons (Fsp3) is 0.455. The van der Waals surface area contributed by atoms with Gasteiger partial charge in [0.25, 0.3) is 5.69 Å². The average Bonchev–Trinajstić information content (AvgIpc) is 2.40. The van der Waals surface area contributed by atoms with E-state index in [9.17, 15) is 15.2 Å². The minimum Gasteiger partial charge on any atom is -0.387 e. The summed E-state index contributed by atoms with van der Waals surface area (Å²) >= 11 is 0. The van der Waals surface area contributed by atoms with Gasteiger partial charge in [-0.05, 0) is 24.8 Å². The third-order valence-corrected chi connectivity index (χ3v) is 3.05. The molecule has 1 aliphatic rings. The standard InChI is InChI=1S/C11H14N2O3/c12-8-5-1-3-7-4-2-6-9(13(15)16)10(7)11(8)14/h2,4,6,8,11,14H,1,3,5,12H2/t8-,11-/m0/s1. The molecule has 0 fully saturated rings. The fourth-order valence-electron chi connectivity index (χ4n) is 2.22. The van der Waals surface area contributed by atoms with Crippen LogP contribution in [0.25, 0.3) is 0 Å². The number of hydrogen-bond acceptors (Lipinski definition) is 4. The van der Waals surface area contributed by atoms with E-state index >= 15 is 0 Å². The number of aliphatic hydroxyl groups excluding tert-OH is 1. The van der Waals surface area contributed by atoms with E-state index < -0.39 is 17.1 Å². The van der Waals surface area contributed by atoms with Crippen molar-refractivity contribution >= 4 is 5.69 Å². The zero-order chi connectivity index (χ0) is 11.7. The number of nitro groups is 1. The molecule has 0 heterocycles. The molecule has 86 valence electrons. The highest BCUT2D eigenvalue weighted by atomic mass is 16.6. The van der Waals surface area contributed by atoms with Gasteiger partial charge in [0.15, 0.2) is 0 Å². The van der Waals surface area contributed by atoms with E-state index in [1.807, 2.05) is 6.07 Å². The van der Waals surface area contributed by atoms with Gasteiger partial charge in [-0.1, -0.05) is 12.1 Å². The van der Waals surface area contributed by atoms with E-state index in [1.165, 1.54) is 6.07 Å². The Morgan fingerprint density at radius 3 is 2.94 bits per heavy atom. The maximum absolute atomic E-state index is 10.9. The molecular formula is C11H14N2O3. The summed E-state index contributed by atoms with van der Waals surface area (Å²) in [6.07, 6.45) is 1.35. The molecule has 1 aromatic carbocycles. The van der Waals surface area contributed by atoms with Crippen molar-refractivity contribution in [1.29, 1.82) is 0 Å². The summed E-state index contributed by atoms with van der Waals surface area (Å²) in [6, 6.07) is 4.48. The van der Waals surface area contributed by atoms with Crippen LogP contribution in [0, 0.1) is 10.1 Å². The Balaban J connectivity index is 2.57. The lowest BCUT2D eigenvalue weighted by Crippen LogP contribution is -2.27. The van der Waals surface area contributed by atoms with Gasteiger partial charge >= 0.3 is 0 Å². The zero-order valence-electron chi connectivity index (χ0n) is 8.80. The van der Waals surface area contributed by atoms with Crippen molar-refractivity contribution in [2.45, 2.75) is 31.4 Å². The Labute approximate surface area is 93.0 Å². The highest BCUT2D eigenvalue weighted by Gasteiger charge is 2.29. The van der Waals surface area contributed by atoms with Crippen LogP contribution in [0.5, 0.6) is 0 Å². The number of aliphatic hydroxyl groups is 1. The number of benzene rings is 1. The summed E-state index contributed by atoms with van der Waals surface area (Å²) < 4.78 is 0. The number of nitro benzene ring substituents is 1. The van der Waals surface area contributed by atoms with E-state index in [0.717, 1.165) is 18.4 Å². The van der Waals surface area contributed by atoms with Crippen LogP contribution in [0.1, 0.15) is 30.1 Å². The van der Waals surface area contributed by atoms with Crippen LogP contribution < -0.4 is 5.73 Å². The SMILES string of the molecule is N[C@H]1CCCc2cccc([N+](=O)[O-])c2[C@H]1O. The number of nitrogens with two attached hydrogens (primary N) is 1. The van der Waals surface area contributed by atoms with Gasteiger partial charge in [-0.3, -0.25) is 10.1 Å². The first-order valence-corrected chi connectivity index (χ1v) is 5.31. The Morgan fingerprint density at radius 2 is 2.25 bits per heavy atom. The zero-order valence-corrected chi connectivity index (χ0v) is 8.80. The molecule has 2 atom stereocenters. The van der Waals surface area contributed by atoms with Gasteiger partial charge in [0.1, 0.15) is 6.10 Å². The third-order valence-electron chi connectivity index (χ3n) is 3.05. The molecule has 0 aromatic heterocycles. The highest BCUT2D eigenvalue weighted by molar-refractivity contribution is 5.48. The Kier molecular flexibility index (Phi) is 2.89. The van der Waals surface area contributed by atoms with Gasteiger partial charge in [-0.25, -0.2) is 0 Å². The van der Waals surface area contributed by atoms with Crippen LogP contribution in [0.3, 0.4) is 0 Å². The van der Waals surface area contributed by atoms with Crippen molar-refractivity contribution in [3.05, 3.63) is 39.4 Å². The Morgan fingerprint density at radius 1 is 1.50 bits per heavy atom.